The number of oxazole rings is 1. The lowest BCUT2D eigenvalue weighted by Crippen LogP contribution is -2.65. The summed E-state index contributed by atoms with van der Waals surface area (Å²) in [5.74, 6) is -6.24. The van der Waals surface area contributed by atoms with Crippen molar-refractivity contribution < 1.29 is 34.1 Å². The van der Waals surface area contributed by atoms with Crippen molar-refractivity contribution in [1.29, 1.82) is 0 Å². The summed E-state index contributed by atoms with van der Waals surface area (Å²) >= 11 is 0. The molecule has 3 aliphatic carbocycles. The van der Waals surface area contributed by atoms with Crippen LogP contribution in [0.25, 0.3) is 16.9 Å². The molecule has 1 heterocycles. The monoisotopic (exact) mass is 497 g/mol. The zero-order chi connectivity index (χ0) is 26.4. The Bertz CT molecular complexity index is 1440. The first-order valence-electron chi connectivity index (χ1n) is 11.3. The van der Waals surface area contributed by atoms with E-state index in [1.54, 1.807) is 20.2 Å². The third-order valence-electron chi connectivity index (χ3n) is 7.58. The molecule has 12 nitrogen and oxygen atoms in total. The molecule has 0 aliphatic heterocycles. The number of amides is 1. The van der Waals surface area contributed by atoms with Gasteiger partial charge < -0.3 is 36.1 Å². The Morgan fingerprint density at radius 1 is 1.22 bits per heavy atom. The van der Waals surface area contributed by atoms with E-state index in [2.05, 4.69) is 4.98 Å². The number of hydrogen-bond acceptors (Lipinski definition) is 11. The van der Waals surface area contributed by atoms with E-state index < -0.39 is 58.0 Å². The minimum atomic E-state index is -2.64. The van der Waals surface area contributed by atoms with Crippen LogP contribution in [0.15, 0.2) is 27.4 Å². The van der Waals surface area contributed by atoms with Gasteiger partial charge in [-0.15, -0.1) is 0 Å². The summed E-state index contributed by atoms with van der Waals surface area (Å²) in [5, 5.41) is 34.1. The quantitative estimate of drug-likeness (QED) is 0.359. The number of likely N-dealkylation sites (N-methyl/N-ethyl adjacent to an activating group) is 1. The van der Waals surface area contributed by atoms with Crippen molar-refractivity contribution in [2.45, 2.75) is 24.5 Å². The third-order valence-corrected chi connectivity index (χ3v) is 7.58. The Hall–Kier alpha value is -3.90. The first-order chi connectivity index (χ1) is 16.8. The number of primary amides is 1. The second kappa shape index (κ2) is 7.55. The van der Waals surface area contributed by atoms with Crippen molar-refractivity contribution >= 4 is 46.0 Å². The Labute approximate surface area is 205 Å². The number of benzene rings is 1. The lowest BCUT2D eigenvalue weighted by molar-refractivity contribution is -0.153. The van der Waals surface area contributed by atoms with E-state index in [9.17, 15) is 29.7 Å². The summed E-state index contributed by atoms with van der Waals surface area (Å²) in [6.45, 7) is 0. The second-order valence-electron chi connectivity index (χ2n) is 10.0. The Kier molecular flexibility index (Phi) is 4.99. The van der Waals surface area contributed by atoms with E-state index in [1.165, 1.54) is 4.90 Å². The van der Waals surface area contributed by atoms with E-state index in [0.717, 1.165) is 5.69 Å². The lowest BCUT2D eigenvalue weighted by atomic mass is 9.57. The highest BCUT2D eigenvalue weighted by atomic mass is 16.4. The van der Waals surface area contributed by atoms with E-state index in [0.29, 0.717) is 11.1 Å². The molecule has 0 saturated heterocycles. The molecule has 1 saturated carbocycles. The number of carbonyl (C=O) groups excluding carboxylic acids is 3. The molecule has 1 fully saturated rings. The van der Waals surface area contributed by atoms with Crippen molar-refractivity contribution in [3.63, 3.8) is 0 Å². The van der Waals surface area contributed by atoms with E-state index in [1.807, 2.05) is 19.0 Å². The molecule has 7 N–H and O–H groups in total. The van der Waals surface area contributed by atoms with Gasteiger partial charge in [0.2, 0.25) is 5.78 Å². The highest BCUT2D eigenvalue weighted by Gasteiger charge is 2.64. The van der Waals surface area contributed by atoms with Crippen LogP contribution >= 0.6 is 0 Å². The van der Waals surface area contributed by atoms with Gasteiger partial charge in [0.15, 0.2) is 17.0 Å². The van der Waals surface area contributed by atoms with Crippen molar-refractivity contribution in [2.75, 3.05) is 38.8 Å². The van der Waals surface area contributed by atoms with Crippen LogP contribution in [-0.2, 0) is 20.8 Å². The average Bonchev–Trinajstić information content (AvgIpc) is 3.14. The molecule has 5 rings (SSSR count). The van der Waals surface area contributed by atoms with Crippen molar-refractivity contribution in [3.8, 4) is 0 Å². The minimum Gasteiger partial charge on any atom is -0.508 e. The van der Waals surface area contributed by atoms with Crippen LogP contribution in [-0.4, -0.2) is 82.5 Å². The number of nitrogen functional groups attached to an aromatic ring is 1. The largest absolute Gasteiger partial charge is 0.508 e. The van der Waals surface area contributed by atoms with Gasteiger partial charge in [0.25, 0.3) is 11.9 Å². The SMILES string of the molecule is CN(C)c1cc2nc(N)oc2c2c1C[C@@H]1C[C@@H]3[C@@H](N(C)C)C(=O)C(C(N)=O)=C(O)[C@]3(O)C(=O)C1=C2O. The summed E-state index contributed by atoms with van der Waals surface area (Å²) in [4.78, 5) is 46.6. The molecule has 0 spiro atoms. The van der Waals surface area contributed by atoms with Crippen LogP contribution in [0.3, 0.4) is 0 Å². The third kappa shape index (κ3) is 2.88. The normalized spacial score (nSPS) is 27.9. The molecule has 1 aromatic carbocycles. The highest BCUT2D eigenvalue weighted by molar-refractivity contribution is 6.24. The maximum Gasteiger partial charge on any atom is 0.293 e. The number of fused-ring (bicyclic) bond motifs is 5. The molecular formula is C24H27N5O7. The van der Waals surface area contributed by atoms with Crippen LogP contribution in [0, 0.1) is 11.8 Å². The standard InChI is InChI=1S/C24H27N5O7/c1-28(2)12-7-11-19(36-23(26)27-11)14-9(12)5-8-6-10-16(29(3)4)18(31)15(22(25)34)21(33)24(10,35)20(32)13(8)17(14)30/h7-8,10,16,30,33,35H,5-6H2,1-4H3,(H2,25,34)(H2,26,27)/t8-,10-,16-,24-/m1/s1. The van der Waals surface area contributed by atoms with Gasteiger partial charge in [-0.05, 0) is 44.5 Å². The van der Waals surface area contributed by atoms with Crippen molar-refractivity contribution in [3.05, 3.63) is 34.1 Å². The van der Waals surface area contributed by atoms with Gasteiger partial charge in [0.05, 0.1) is 11.6 Å². The van der Waals surface area contributed by atoms with Crippen LogP contribution in [0.4, 0.5) is 11.7 Å². The lowest BCUT2D eigenvalue weighted by Gasteiger charge is -2.50. The van der Waals surface area contributed by atoms with Crippen LogP contribution in [0.5, 0.6) is 0 Å². The molecule has 12 heteroatoms. The number of nitrogens with zero attached hydrogens (tertiary/aromatic N) is 3. The number of nitrogens with two attached hydrogens (primary N) is 2. The summed E-state index contributed by atoms with van der Waals surface area (Å²) in [6, 6.07) is 0.545. The molecule has 1 aromatic heterocycles. The molecule has 0 bridgehead atoms. The summed E-state index contributed by atoms with van der Waals surface area (Å²) < 4.78 is 5.56. The van der Waals surface area contributed by atoms with E-state index in [-0.39, 0.29) is 35.6 Å². The van der Waals surface area contributed by atoms with Crippen molar-refractivity contribution in [2.24, 2.45) is 17.6 Å². The van der Waals surface area contributed by atoms with E-state index >= 15 is 0 Å². The molecule has 36 heavy (non-hydrogen) atoms. The predicted octanol–water partition coefficient (Wildman–Crippen LogP) is 0.0478. The molecule has 4 atom stereocenters. The zero-order valence-corrected chi connectivity index (χ0v) is 20.2. The molecule has 0 radical (unpaired) electrons. The number of ketones is 2. The van der Waals surface area contributed by atoms with Crippen molar-refractivity contribution in [1.82, 2.24) is 9.88 Å². The second-order valence-corrected chi connectivity index (χ2v) is 10.0. The Balaban J connectivity index is 1.80. The number of hydrogen-bond donors (Lipinski definition) is 5. The van der Waals surface area contributed by atoms with Gasteiger partial charge in [-0.1, -0.05) is 0 Å². The van der Waals surface area contributed by atoms with Gasteiger partial charge >= 0.3 is 0 Å². The predicted molar refractivity (Wildman–Crippen MR) is 129 cm³/mol. The molecule has 2 aromatic rings. The van der Waals surface area contributed by atoms with Crippen LogP contribution in [0.1, 0.15) is 17.5 Å². The number of anilines is 2. The first kappa shape index (κ1) is 23.8. The zero-order valence-electron chi connectivity index (χ0n) is 20.2. The number of rotatable bonds is 3. The number of Topliss-reactive ketones (excluding diaryl/α,β-unsaturated/α-hetero) is 2. The topological polar surface area (TPSA) is 196 Å². The number of carbonyl (C=O) groups is 3. The van der Waals surface area contributed by atoms with E-state index in [4.69, 9.17) is 15.9 Å². The number of aliphatic hydroxyl groups is 3. The van der Waals surface area contributed by atoms with Gasteiger partial charge in [-0.25, -0.2) is 0 Å². The maximum absolute atomic E-state index is 13.9. The van der Waals surface area contributed by atoms with Gasteiger partial charge in [0.1, 0.15) is 22.6 Å². The summed E-state index contributed by atoms with van der Waals surface area (Å²) in [6.07, 6.45) is 0.341. The Morgan fingerprint density at radius 2 is 1.89 bits per heavy atom. The van der Waals surface area contributed by atoms with Gasteiger partial charge in [0, 0.05) is 31.3 Å². The summed E-state index contributed by atoms with van der Waals surface area (Å²) in [5.41, 5.74) is 9.72. The fourth-order valence-electron chi connectivity index (χ4n) is 6.10. The molecule has 0 unspecified atom stereocenters. The molecular weight excluding hydrogens is 470 g/mol. The van der Waals surface area contributed by atoms with Crippen LogP contribution < -0.4 is 16.4 Å². The smallest absolute Gasteiger partial charge is 0.293 e. The van der Waals surface area contributed by atoms with Gasteiger partial charge in [-0.3, -0.25) is 19.3 Å². The fourth-order valence-corrected chi connectivity index (χ4v) is 6.10. The maximum atomic E-state index is 13.9. The molecule has 3 aliphatic rings. The molecule has 190 valence electrons. The minimum absolute atomic E-state index is 0.0647. The van der Waals surface area contributed by atoms with Crippen LogP contribution in [0.2, 0.25) is 0 Å². The first-order valence-corrected chi connectivity index (χ1v) is 11.3. The highest BCUT2D eigenvalue weighted by Crippen LogP contribution is 2.53. The number of aliphatic hydroxyl groups excluding tert-OH is 2. The Morgan fingerprint density at radius 3 is 2.47 bits per heavy atom. The summed E-state index contributed by atoms with van der Waals surface area (Å²) in [7, 11) is 6.79. The van der Waals surface area contributed by atoms with Gasteiger partial charge in [-0.2, -0.15) is 4.98 Å². The molecule has 1 amide bonds. The average molecular weight is 498 g/mol. The fraction of sp³-hybridized carbons (Fsp3) is 0.417. The number of aromatic nitrogens is 1.